The summed E-state index contributed by atoms with van der Waals surface area (Å²) in [6, 6.07) is 13.8. The number of carbonyl (C=O) groups is 3. The predicted molar refractivity (Wildman–Crippen MR) is 114 cm³/mol. The van der Waals surface area contributed by atoms with Gasteiger partial charge in [0.25, 0.3) is 5.91 Å². The first-order valence-electron chi connectivity index (χ1n) is 9.28. The number of amides is 4. The quantitative estimate of drug-likeness (QED) is 0.763. The Bertz CT molecular complexity index is 980. The topological polar surface area (TPSA) is 81.8 Å². The van der Waals surface area contributed by atoms with Crippen LogP contribution in [0.1, 0.15) is 12.5 Å². The van der Waals surface area contributed by atoms with Crippen LogP contribution in [0.15, 0.2) is 60.3 Å². The number of hydrogen-bond donors (Lipinski definition) is 2. The largest absolute Gasteiger partial charge is 0.378 e. The maximum atomic E-state index is 13.2. The van der Waals surface area contributed by atoms with Crippen molar-refractivity contribution in [3.05, 3.63) is 65.9 Å². The van der Waals surface area contributed by atoms with Crippen LogP contribution in [0.2, 0.25) is 0 Å². The maximum absolute atomic E-state index is 13.2. The first-order valence-corrected chi connectivity index (χ1v) is 9.28. The highest BCUT2D eigenvalue weighted by Crippen LogP contribution is 2.27. The monoisotopic (exact) mass is 392 g/mol. The highest BCUT2D eigenvalue weighted by Gasteiger charge is 2.43. The van der Waals surface area contributed by atoms with E-state index in [2.05, 4.69) is 10.6 Å². The smallest absolute Gasteiger partial charge is 0.335 e. The van der Waals surface area contributed by atoms with Gasteiger partial charge in [-0.25, -0.2) is 9.69 Å². The zero-order valence-electron chi connectivity index (χ0n) is 16.9. The van der Waals surface area contributed by atoms with Gasteiger partial charge in [0.1, 0.15) is 0 Å². The van der Waals surface area contributed by atoms with Crippen LogP contribution in [0.5, 0.6) is 0 Å². The van der Waals surface area contributed by atoms with Crippen LogP contribution >= 0.6 is 0 Å². The summed E-state index contributed by atoms with van der Waals surface area (Å²) in [5.41, 5.74) is 3.54. The molecule has 1 heterocycles. The van der Waals surface area contributed by atoms with Crippen molar-refractivity contribution in [3.8, 4) is 0 Å². The molecule has 0 bridgehead atoms. The summed E-state index contributed by atoms with van der Waals surface area (Å²) in [7, 11) is 3.86. The van der Waals surface area contributed by atoms with Gasteiger partial charge in [0, 0.05) is 31.2 Å². The van der Waals surface area contributed by atoms with E-state index in [0.29, 0.717) is 11.4 Å². The minimum atomic E-state index is -1.15. The number of anilines is 3. The fraction of sp³-hybridized carbons (Fsp3) is 0.227. The van der Waals surface area contributed by atoms with Crippen LogP contribution in [-0.2, 0) is 9.59 Å². The molecule has 0 unspecified atom stereocenters. The van der Waals surface area contributed by atoms with Crippen LogP contribution in [-0.4, -0.2) is 31.9 Å². The lowest BCUT2D eigenvalue weighted by Crippen LogP contribution is -2.59. The molecular weight excluding hydrogens is 368 g/mol. The van der Waals surface area contributed by atoms with E-state index in [9.17, 15) is 14.4 Å². The first kappa shape index (κ1) is 20.1. The molecule has 3 rings (SSSR count). The molecule has 2 N–H and O–H groups in total. The number of aryl methyl sites for hydroxylation is 1. The van der Waals surface area contributed by atoms with Crippen LogP contribution < -0.4 is 20.4 Å². The average Bonchev–Trinajstić information content (AvgIpc) is 2.68. The number of benzene rings is 2. The van der Waals surface area contributed by atoms with Gasteiger partial charge >= 0.3 is 6.03 Å². The molecule has 7 nitrogen and oxygen atoms in total. The fourth-order valence-electron chi connectivity index (χ4n) is 3.13. The van der Waals surface area contributed by atoms with Crippen molar-refractivity contribution >= 4 is 34.9 Å². The number of carbonyl (C=O) groups excluding carboxylic acids is 3. The Balaban J connectivity index is 1.91. The number of allylic oxidation sites excluding steroid dienone is 1. The van der Waals surface area contributed by atoms with Crippen molar-refractivity contribution in [2.24, 2.45) is 5.92 Å². The molecule has 1 atom stereocenters. The van der Waals surface area contributed by atoms with Crippen LogP contribution in [0, 0.1) is 12.8 Å². The van der Waals surface area contributed by atoms with Gasteiger partial charge in [-0.1, -0.05) is 29.8 Å². The number of rotatable bonds is 5. The summed E-state index contributed by atoms with van der Waals surface area (Å²) in [4.78, 5) is 41.0. The third-order valence-electron chi connectivity index (χ3n) is 4.73. The van der Waals surface area contributed by atoms with Crippen molar-refractivity contribution in [3.63, 3.8) is 0 Å². The van der Waals surface area contributed by atoms with Crippen molar-refractivity contribution in [2.45, 2.75) is 13.8 Å². The lowest BCUT2D eigenvalue weighted by molar-refractivity contribution is -0.132. The molecule has 0 aromatic heterocycles. The van der Waals surface area contributed by atoms with Gasteiger partial charge < -0.3 is 10.2 Å². The second kappa shape index (κ2) is 8.18. The molecule has 150 valence electrons. The van der Waals surface area contributed by atoms with E-state index < -0.39 is 23.8 Å². The molecule has 0 spiro atoms. The van der Waals surface area contributed by atoms with E-state index in [4.69, 9.17) is 0 Å². The SMILES string of the molecule is C/C=C(/Nc1cccc(N(C)C)c1)[C@H]1C(=O)NC(=O)N(c2ccc(C)cc2)C1=O. The summed E-state index contributed by atoms with van der Waals surface area (Å²) in [6.07, 6.45) is 1.67. The minimum Gasteiger partial charge on any atom is -0.378 e. The summed E-state index contributed by atoms with van der Waals surface area (Å²) >= 11 is 0. The molecule has 1 fully saturated rings. The molecular formula is C22H24N4O3. The number of urea groups is 1. The zero-order valence-corrected chi connectivity index (χ0v) is 16.9. The maximum Gasteiger partial charge on any atom is 0.335 e. The van der Waals surface area contributed by atoms with E-state index in [1.54, 1.807) is 25.1 Å². The Morgan fingerprint density at radius 1 is 1.10 bits per heavy atom. The third kappa shape index (κ3) is 4.13. The van der Waals surface area contributed by atoms with Gasteiger partial charge in [0.15, 0.2) is 5.92 Å². The first-order chi connectivity index (χ1) is 13.8. The van der Waals surface area contributed by atoms with E-state index in [0.717, 1.165) is 21.8 Å². The molecule has 0 saturated carbocycles. The number of imide groups is 2. The van der Waals surface area contributed by atoms with Gasteiger partial charge in [-0.05, 0) is 44.2 Å². The normalized spacial score (nSPS) is 17.2. The summed E-state index contributed by atoms with van der Waals surface area (Å²) in [6.45, 7) is 3.66. The molecule has 1 aliphatic rings. The van der Waals surface area contributed by atoms with Crippen molar-refractivity contribution in [1.82, 2.24) is 5.32 Å². The zero-order chi connectivity index (χ0) is 21.1. The summed E-state index contributed by atoms with van der Waals surface area (Å²) in [5, 5.41) is 5.46. The lowest BCUT2D eigenvalue weighted by atomic mass is 9.99. The average molecular weight is 392 g/mol. The van der Waals surface area contributed by atoms with Crippen LogP contribution in [0.25, 0.3) is 0 Å². The highest BCUT2D eigenvalue weighted by molar-refractivity contribution is 6.29. The van der Waals surface area contributed by atoms with E-state index in [1.807, 2.05) is 62.3 Å². The van der Waals surface area contributed by atoms with Gasteiger partial charge in [0.2, 0.25) is 5.91 Å². The lowest BCUT2D eigenvalue weighted by Gasteiger charge is -2.31. The summed E-state index contributed by atoms with van der Waals surface area (Å²) < 4.78 is 0. The predicted octanol–water partition coefficient (Wildman–Crippen LogP) is 3.28. The molecule has 1 aliphatic heterocycles. The van der Waals surface area contributed by atoms with Gasteiger partial charge in [0.05, 0.1) is 5.69 Å². The Hall–Kier alpha value is -3.61. The summed E-state index contributed by atoms with van der Waals surface area (Å²) in [5.74, 6) is -2.39. The number of hydrogen-bond acceptors (Lipinski definition) is 5. The Morgan fingerprint density at radius 3 is 2.41 bits per heavy atom. The third-order valence-corrected chi connectivity index (χ3v) is 4.73. The Kier molecular flexibility index (Phi) is 5.68. The van der Waals surface area contributed by atoms with Crippen LogP contribution in [0.3, 0.4) is 0 Å². The van der Waals surface area contributed by atoms with E-state index >= 15 is 0 Å². The molecule has 0 radical (unpaired) electrons. The number of barbiturate groups is 1. The van der Waals surface area contributed by atoms with Crippen molar-refractivity contribution < 1.29 is 14.4 Å². The van der Waals surface area contributed by atoms with Crippen molar-refractivity contribution in [1.29, 1.82) is 0 Å². The van der Waals surface area contributed by atoms with Gasteiger partial charge in [-0.3, -0.25) is 14.9 Å². The van der Waals surface area contributed by atoms with Crippen LogP contribution in [0.4, 0.5) is 21.9 Å². The molecule has 2 aromatic rings. The molecule has 1 saturated heterocycles. The molecule has 29 heavy (non-hydrogen) atoms. The van der Waals surface area contributed by atoms with E-state index in [1.165, 1.54) is 0 Å². The number of nitrogens with one attached hydrogen (secondary N) is 2. The van der Waals surface area contributed by atoms with Gasteiger partial charge in [-0.2, -0.15) is 0 Å². The molecule has 2 aromatic carbocycles. The molecule has 7 heteroatoms. The Morgan fingerprint density at radius 2 is 1.79 bits per heavy atom. The fourth-order valence-corrected chi connectivity index (χ4v) is 3.13. The van der Waals surface area contributed by atoms with Crippen molar-refractivity contribution in [2.75, 3.05) is 29.2 Å². The van der Waals surface area contributed by atoms with Gasteiger partial charge in [-0.15, -0.1) is 0 Å². The Labute approximate surface area is 170 Å². The second-order valence-electron chi connectivity index (χ2n) is 7.05. The molecule has 4 amide bonds. The van der Waals surface area contributed by atoms with E-state index in [-0.39, 0.29) is 0 Å². The standard InChI is InChI=1S/C22H24N4O3/c1-5-18(23-15-7-6-8-17(13-15)25(3)4)19-20(27)24-22(29)26(21(19)28)16-11-9-14(2)10-12-16/h5-13,19,23H,1-4H3,(H,24,27,29)/b18-5+/t19-/m0/s1. The molecule has 0 aliphatic carbocycles. The minimum absolute atomic E-state index is 0.410. The number of nitrogens with zero attached hydrogens (tertiary/aromatic N) is 2. The highest BCUT2D eigenvalue weighted by atomic mass is 16.2. The second-order valence-corrected chi connectivity index (χ2v) is 7.05.